The van der Waals surface area contributed by atoms with Crippen LogP contribution in [0.5, 0.6) is 0 Å². The maximum absolute atomic E-state index is 14.2. The van der Waals surface area contributed by atoms with Crippen molar-refractivity contribution in [2.75, 3.05) is 10.7 Å². The minimum absolute atomic E-state index is 0.0678. The summed E-state index contributed by atoms with van der Waals surface area (Å²) in [6.45, 7) is 0. The average Bonchev–Trinajstić information content (AvgIpc) is 3.27. The number of nitrogens with zero attached hydrogens (tertiary/aromatic N) is 3. The third-order valence-corrected chi connectivity index (χ3v) is 5.39. The number of amides is 2. The van der Waals surface area contributed by atoms with Crippen molar-refractivity contribution in [3.05, 3.63) is 77.4 Å². The number of benzene rings is 2. The first-order valence-electron chi connectivity index (χ1n) is 10.1. The van der Waals surface area contributed by atoms with Crippen LogP contribution in [0.3, 0.4) is 0 Å². The minimum Gasteiger partial charge on any atom is -0.322 e. The molecule has 2 amide bonds. The van der Waals surface area contributed by atoms with E-state index in [0.29, 0.717) is 28.0 Å². The predicted molar refractivity (Wildman–Crippen MR) is 114 cm³/mol. The lowest BCUT2D eigenvalue weighted by molar-refractivity contribution is -0.143. The number of hydrogen-bond acceptors (Lipinski definition) is 5. The van der Waals surface area contributed by atoms with Gasteiger partial charge in [-0.3, -0.25) is 25.4 Å². The number of nitrogens with one attached hydrogen (secondary N) is 3. The lowest BCUT2D eigenvalue weighted by Gasteiger charge is -2.21. The van der Waals surface area contributed by atoms with Crippen LogP contribution in [0.25, 0.3) is 16.5 Å². The van der Waals surface area contributed by atoms with Gasteiger partial charge in [0.1, 0.15) is 5.69 Å². The summed E-state index contributed by atoms with van der Waals surface area (Å²) >= 11 is 0. The molecule has 0 unspecified atom stereocenters. The van der Waals surface area contributed by atoms with Crippen LogP contribution in [0.2, 0.25) is 0 Å². The van der Waals surface area contributed by atoms with Crippen molar-refractivity contribution in [2.24, 2.45) is 0 Å². The Morgan fingerprint density at radius 3 is 2.47 bits per heavy atom. The summed E-state index contributed by atoms with van der Waals surface area (Å²) in [5.41, 5.74) is 1.61. The topological polar surface area (TPSA) is 101 Å². The Morgan fingerprint density at radius 2 is 1.75 bits per heavy atom. The van der Waals surface area contributed by atoms with Gasteiger partial charge in [0.15, 0.2) is 5.69 Å². The second-order valence-corrected chi connectivity index (χ2v) is 7.64. The molecule has 3 heterocycles. The zero-order valence-electron chi connectivity index (χ0n) is 17.6. The number of anilines is 2. The summed E-state index contributed by atoms with van der Waals surface area (Å²) in [5.74, 6) is -1.81. The standard InChI is InChI=1S/C22H12F6N6O2/c23-21(24,25)16-8-10(6-7-29-16)31-19(35)13-9-30-34(18(13)22(26,27)28)15-5-4-14-17-11(15)2-1-3-12(17)20(36)33-32-14/h1-9,32H,(H,33,36)(H,29,31,35). The Balaban J connectivity index is 1.61. The van der Waals surface area contributed by atoms with Crippen LogP contribution in [0.15, 0.2) is 54.9 Å². The summed E-state index contributed by atoms with van der Waals surface area (Å²) in [4.78, 5) is 28.1. The molecule has 2 aromatic carbocycles. The molecule has 3 N–H and O–H groups in total. The average molecular weight is 506 g/mol. The molecule has 4 aromatic rings. The number of halogens is 6. The van der Waals surface area contributed by atoms with Gasteiger partial charge in [-0.25, -0.2) is 4.68 Å². The molecule has 184 valence electrons. The molecule has 0 saturated carbocycles. The summed E-state index contributed by atoms with van der Waals surface area (Å²) in [6.07, 6.45) is -8.45. The number of carbonyl (C=O) groups excluding carboxylic acids is 2. The van der Waals surface area contributed by atoms with E-state index in [4.69, 9.17) is 0 Å². The normalized spacial score (nSPS) is 13.3. The fourth-order valence-electron chi connectivity index (χ4n) is 3.89. The van der Waals surface area contributed by atoms with E-state index in [9.17, 15) is 35.9 Å². The molecule has 0 spiro atoms. The van der Waals surface area contributed by atoms with E-state index in [1.165, 1.54) is 30.3 Å². The van der Waals surface area contributed by atoms with E-state index in [2.05, 4.69) is 20.9 Å². The monoisotopic (exact) mass is 506 g/mol. The molecule has 1 aliphatic heterocycles. The SMILES string of the molecule is O=C(Nc1ccnc(C(F)(F)F)c1)c1cnn(-c2ccc3c4c(cccc24)C(=O)NN3)c1C(F)(F)F. The van der Waals surface area contributed by atoms with E-state index in [1.54, 1.807) is 0 Å². The van der Waals surface area contributed by atoms with Crippen molar-refractivity contribution in [3.63, 3.8) is 0 Å². The molecule has 0 bridgehead atoms. The maximum Gasteiger partial charge on any atom is 0.434 e. The van der Waals surface area contributed by atoms with Crippen molar-refractivity contribution in [3.8, 4) is 5.69 Å². The summed E-state index contributed by atoms with van der Waals surface area (Å²) in [5, 5.41) is 6.40. The third-order valence-electron chi connectivity index (χ3n) is 5.39. The Hall–Kier alpha value is -4.62. The molecule has 36 heavy (non-hydrogen) atoms. The van der Waals surface area contributed by atoms with E-state index < -0.39 is 46.8 Å². The highest BCUT2D eigenvalue weighted by Crippen LogP contribution is 2.38. The predicted octanol–water partition coefficient (Wildman–Crippen LogP) is 4.78. The largest absolute Gasteiger partial charge is 0.434 e. The smallest absolute Gasteiger partial charge is 0.322 e. The Kier molecular flexibility index (Phi) is 5.12. The molecular weight excluding hydrogens is 494 g/mol. The van der Waals surface area contributed by atoms with E-state index in [-0.39, 0.29) is 16.6 Å². The van der Waals surface area contributed by atoms with Crippen LogP contribution in [-0.4, -0.2) is 26.6 Å². The first-order valence-corrected chi connectivity index (χ1v) is 10.1. The molecule has 1 aliphatic rings. The van der Waals surface area contributed by atoms with Gasteiger partial charge in [-0.2, -0.15) is 31.4 Å². The highest BCUT2D eigenvalue weighted by Gasteiger charge is 2.41. The van der Waals surface area contributed by atoms with Gasteiger partial charge in [0.05, 0.1) is 28.7 Å². The van der Waals surface area contributed by atoms with Crippen molar-refractivity contribution in [1.82, 2.24) is 20.2 Å². The minimum atomic E-state index is -5.08. The summed E-state index contributed by atoms with van der Waals surface area (Å²) in [6, 6.07) is 8.76. The molecule has 14 heteroatoms. The van der Waals surface area contributed by atoms with Gasteiger partial charge >= 0.3 is 12.4 Å². The molecule has 2 aromatic heterocycles. The van der Waals surface area contributed by atoms with Crippen LogP contribution >= 0.6 is 0 Å². The molecular formula is C22H12F6N6O2. The second-order valence-electron chi connectivity index (χ2n) is 7.64. The van der Waals surface area contributed by atoms with Crippen LogP contribution in [0, 0.1) is 0 Å². The van der Waals surface area contributed by atoms with Crippen LogP contribution < -0.4 is 16.2 Å². The van der Waals surface area contributed by atoms with Crippen molar-refractivity contribution >= 4 is 34.0 Å². The Bertz CT molecular complexity index is 1540. The van der Waals surface area contributed by atoms with Gasteiger partial charge < -0.3 is 5.32 Å². The molecule has 0 saturated heterocycles. The number of pyridine rings is 1. The first-order chi connectivity index (χ1) is 16.9. The molecule has 8 nitrogen and oxygen atoms in total. The number of hydrazine groups is 1. The van der Waals surface area contributed by atoms with Gasteiger partial charge in [0.2, 0.25) is 0 Å². The van der Waals surface area contributed by atoms with Gasteiger partial charge in [-0.15, -0.1) is 0 Å². The second kappa shape index (κ2) is 7.96. The Labute approximate surface area is 196 Å². The highest BCUT2D eigenvalue weighted by atomic mass is 19.4. The quantitative estimate of drug-likeness (QED) is 0.348. The number of hydrogen-bond donors (Lipinski definition) is 3. The lowest BCUT2D eigenvalue weighted by atomic mass is 9.99. The van der Waals surface area contributed by atoms with E-state index >= 15 is 0 Å². The van der Waals surface area contributed by atoms with Crippen molar-refractivity contribution in [2.45, 2.75) is 12.4 Å². The number of rotatable bonds is 3. The number of carbonyl (C=O) groups is 2. The zero-order valence-corrected chi connectivity index (χ0v) is 17.6. The van der Waals surface area contributed by atoms with E-state index in [1.807, 2.05) is 5.32 Å². The summed E-state index contributed by atoms with van der Waals surface area (Å²) < 4.78 is 81.8. The van der Waals surface area contributed by atoms with Crippen LogP contribution in [0.4, 0.5) is 37.7 Å². The van der Waals surface area contributed by atoms with Gasteiger partial charge in [-0.05, 0) is 30.3 Å². The number of aromatic nitrogens is 3. The van der Waals surface area contributed by atoms with Crippen molar-refractivity contribution < 1.29 is 35.9 Å². The van der Waals surface area contributed by atoms with E-state index in [0.717, 1.165) is 12.3 Å². The van der Waals surface area contributed by atoms with Crippen LogP contribution in [-0.2, 0) is 12.4 Å². The Morgan fingerprint density at radius 1 is 0.972 bits per heavy atom. The molecule has 0 aliphatic carbocycles. The third kappa shape index (κ3) is 3.85. The van der Waals surface area contributed by atoms with Crippen molar-refractivity contribution in [1.29, 1.82) is 0 Å². The van der Waals surface area contributed by atoms with Gasteiger partial charge in [0, 0.05) is 22.7 Å². The fourth-order valence-corrected chi connectivity index (χ4v) is 3.89. The molecule has 5 rings (SSSR count). The zero-order chi connectivity index (χ0) is 25.8. The number of alkyl halides is 6. The molecule has 0 radical (unpaired) electrons. The highest BCUT2D eigenvalue weighted by molar-refractivity contribution is 6.16. The molecule has 0 atom stereocenters. The lowest BCUT2D eigenvalue weighted by Crippen LogP contribution is -2.33. The summed E-state index contributed by atoms with van der Waals surface area (Å²) in [7, 11) is 0. The van der Waals surface area contributed by atoms with Gasteiger partial charge in [0.25, 0.3) is 11.8 Å². The fraction of sp³-hybridized carbons (Fsp3) is 0.0909. The maximum atomic E-state index is 14.2. The molecule has 0 fully saturated rings. The first kappa shape index (κ1) is 23.1. The van der Waals surface area contributed by atoms with Crippen LogP contribution in [0.1, 0.15) is 32.1 Å². The van der Waals surface area contributed by atoms with Gasteiger partial charge in [-0.1, -0.05) is 12.1 Å².